The quantitative estimate of drug-likeness (QED) is 0.189. The molecular formula is C18H22N6O9. The lowest BCUT2D eigenvalue weighted by molar-refractivity contribution is -0.384. The molecule has 0 radical (unpaired) electrons. The fourth-order valence-corrected chi connectivity index (χ4v) is 2.89. The summed E-state index contributed by atoms with van der Waals surface area (Å²) >= 11 is 0. The molecule has 8 N–H and O–H groups in total. The van der Waals surface area contributed by atoms with Crippen LogP contribution in [0.4, 0.5) is 5.69 Å². The average Bonchev–Trinajstić information content (AvgIpc) is 2.74. The SMILES string of the molecule is NC(=O)C[C@@H]1NC(=O)c2cc([N+](=O)[O-])ccc2OCC[C@@H](C(N)=O)NC(=O)[C@H](CO)NC1=O. The van der Waals surface area contributed by atoms with Gasteiger partial charge in [0.1, 0.15) is 23.9 Å². The molecule has 0 aromatic heterocycles. The van der Waals surface area contributed by atoms with Crippen LogP contribution in [0.15, 0.2) is 18.2 Å². The van der Waals surface area contributed by atoms with Crippen LogP contribution in [0.1, 0.15) is 23.2 Å². The van der Waals surface area contributed by atoms with E-state index in [9.17, 15) is 39.2 Å². The largest absolute Gasteiger partial charge is 0.493 e. The fraction of sp³-hybridized carbons (Fsp3) is 0.389. The molecule has 0 bridgehead atoms. The molecule has 0 saturated carbocycles. The second-order valence-corrected chi connectivity index (χ2v) is 6.98. The Morgan fingerprint density at radius 2 is 1.79 bits per heavy atom. The van der Waals surface area contributed by atoms with Gasteiger partial charge in [-0.25, -0.2) is 0 Å². The van der Waals surface area contributed by atoms with E-state index >= 15 is 0 Å². The standard InChI is InChI=1S/C18H22N6O9/c19-14(26)6-11-17(29)23-12(7-25)18(30)21-10(15(20)27)3-4-33-13-2-1-8(24(31)32)5-9(13)16(28)22-11/h1-2,5,10-12,25H,3-4,6-7H2,(H2,19,26)(H2,20,27)(H,21,30)(H,22,28)(H,23,29)/t10-,11-,12-/m0/s1. The Morgan fingerprint density at radius 3 is 2.36 bits per heavy atom. The first-order valence-corrected chi connectivity index (χ1v) is 9.54. The first kappa shape index (κ1) is 25.0. The Labute approximate surface area is 186 Å². The zero-order valence-corrected chi connectivity index (χ0v) is 17.1. The van der Waals surface area contributed by atoms with Crippen LogP contribution < -0.4 is 32.2 Å². The fourth-order valence-electron chi connectivity index (χ4n) is 2.89. The summed E-state index contributed by atoms with van der Waals surface area (Å²) in [4.78, 5) is 71.3. The number of benzene rings is 1. The van der Waals surface area contributed by atoms with Crippen molar-refractivity contribution in [3.05, 3.63) is 33.9 Å². The number of ether oxygens (including phenoxy) is 1. The minimum Gasteiger partial charge on any atom is -0.493 e. The van der Waals surface area contributed by atoms with E-state index in [1.165, 1.54) is 0 Å². The van der Waals surface area contributed by atoms with Crippen molar-refractivity contribution >= 4 is 35.2 Å². The van der Waals surface area contributed by atoms with Gasteiger partial charge in [-0.15, -0.1) is 0 Å². The number of nitrogens with one attached hydrogen (secondary N) is 3. The lowest BCUT2D eigenvalue weighted by atomic mass is 10.1. The molecule has 0 saturated heterocycles. The number of hydrogen-bond acceptors (Lipinski definition) is 9. The predicted molar refractivity (Wildman–Crippen MR) is 108 cm³/mol. The van der Waals surface area contributed by atoms with Gasteiger partial charge in [-0.1, -0.05) is 0 Å². The summed E-state index contributed by atoms with van der Waals surface area (Å²) in [5.41, 5.74) is 9.63. The van der Waals surface area contributed by atoms with Crippen LogP contribution in [0.25, 0.3) is 0 Å². The smallest absolute Gasteiger partial charge is 0.270 e. The number of nitro groups is 1. The van der Waals surface area contributed by atoms with E-state index in [4.69, 9.17) is 16.2 Å². The zero-order chi connectivity index (χ0) is 24.7. The van der Waals surface area contributed by atoms with Crippen molar-refractivity contribution in [2.75, 3.05) is 13.2 Å². The molecule has 5 amide bonds. The van der Waals surface area contributed by atoms with Crippen LogP contribution in [-0.2, 0) is 19.2 Å². The van der Waals surface area contributed by atoms with Gasteiger partial charge in [-0.3, -0.25) is 34.1 Å². The Morgan fingerprint density at radius 1 is 1.12 bits per heavy atom. The van der Waals surface area contributed by atoms with Gasteiger partial charge in [-0.05, 0) is 6.07 Å². The Balaban J connectivity index is 2.50. The molecule has 2 rings (SSSR count). The number of hydrogen-bond donors (Lipinski definition) is 6. The van der Waals surface area contributed by atoms with Crippen molar-refractivity contribution in [1.29, 1.82) is 0 Å². The molecule has 0 aliphatic carbocycles. The lowest BCUT2D eigenvalue weighted by Gasteiger charge is -2.24. The van der Waals surface area contributed by atoms with Crippen LogP contribution in [0, 0.1) is 10.1 Å². The maximum atomic E-state index is 12.8. The van der Waals surface area contributed by atoms with Gasteiger partial charge in [0, 0.05) is 18.6 Å². The molecule has 1 aliphatic rings. The van der Waals surface area contributed by atoms with E-state index in [2.05, 4.69) is 16.0 Å². The summed E-state index contributed by atoms with van der Waals surface area (Å²) in [5.74, 6) is -5.06. The summed E-state index contributed by atoms with van der Waals surface area (Å²) in [5, 5.41) is 27.2. The summed E-state index contributed by atoms with van der Waals surface area (Å²) in [6.07, 6.45) is -0.845. The van der Waals surface area contributed by atoms with Gasteiger partial charge >= 0.3 is 0 Å². The second kappa shape index (κ2) is 10.9. The summed E-state index contributed by atoms with van der Waals surface area (Å²) in [6, 6.07) is -1.30. The second-order valence-electron chi connectivity index (χ2n) is 6.98. The molecule has 3 atom stereocenters. The Kier molecular flexibility index (Phi) is 8.22. The predicted octanol–water partition coefficient (Wildman–Crippen LogP) is -3.20. The van der Waals surface area contributed by atoms with Crippen molar-refractivity contribution < 1.29 is 38.7 Å². The number of nitrogens with zero attached hydrogens (tertiary/aromatic N) is 1. The van der Waals surface area contributed by atoms with Crippen LogP contribution >= 0.6 is 0 Å². The number of rotatable bonds is 5. The number of nitrogens with two attached hydrogens (primary N) is 2. The number of fused-ring (bicyclic) bond motifs is 1. The Hall–Kier alpha value is -4.27. The molecule has 178 valence electrons. The molecule has 0 unspecified atom stereocenters. The van der Waals surface area contributed by atoms with Crippen molar-refractivity contribution in [3.63, 3.8) is 0 Å². The number of nitro benzene ring substituents is 1. The van der Waals surface area contributed by atoms with Crippen molar-refractivity contribution in [2.24, 2.45) is 11.5 Å². The van der Waals surface area contributed by atoms with Gasteiger partial charge in [0.05, 0.1) is 30.1 Å². The Bertz CT molecular complexity index is 982. The molecule has 15 nitrogen and oxygen atoms in total. The number of aliphatic hydroxyl groups excluding tert-OH is 1. The molecule has 15 heteroatoms. The van der Waals surface area contributed by atoms with Crippen molar-refractivity contribution in [2.45, 2.75) is 31.0 Å². The van der Waals surface area contributed by atoms with Gasteiger partial charge in [0.25, 0.3) is 11.6 Å². The zero-order valence-electron chi connectivity index (χ0n) is 17.1. The monoisotopic (exact) mass is 466 g/mol. The van der Waals surface area contributed by atoms with Gasteiger partial charge < -0.3 is 37.3 Å². The maximum Gasteiger partial charge on any atom is 0.270 e. The van der Waals surface area contributed by atoms with E-state index in [0.717, 1.165) is 18.2 Å². The third-order valence-electron chi connectivity index (χ3n) is 4.59. The lowest BCUT2D eigenvalue weighted by Crippen LogP contribution is -2.58. The van der Waals surface area contributed by atoms with E-state index in [0.29, 0.717) is 0 Å². The molecule has 0 fully saturated rings. The van der Waals surface area contributed by atoms with E-state index < -0.39 is 71.3 Å². The molecule has 1 aromatic carbocycles. The van der Waals surface area contributed by atoms with E-state index in [-0.39, 0.29) is 24.3 Å². The highest BCUT2D eigenvalue weighted by atomic mass is 16.6. The van der Waals surface area contributed by atoms with Crippen LogP contribution in [-0.4, -0.2) is 70.9 Å². The van der Waals surface area contributed by atoms with Crippen LogP contribution in [0.5, 0.6) is 5.75 Å². The topological polar surface area (TPSA) is 246 Å². The van der Waals surface area contributed by atoms with E-state index in [1.54, 1.807) is 0 Å². The number of non-ortho nitro benzene ring substituents is 1. The summed E-state index contributed by atoms with van der Waals surface area (Å²) in [6.45, 7) is -1.13. The molecule has 0 spiro atoms. The minimum atomic E-state index is -1.60. The van der Waals surface area contributed by atoms with E-state index in [1.807, 2.05) is 0 Å². The maximum absolute atomic E-state index is 12.8. The summed E-state index contributed by atoms with van der Waals surface area (Å²) in [7, 11) is 0. The molecule has 1 heterocycles. The third kappa shape index (κ3) is 6.60. The molecule has 33 heavy (non-hydrogen) atoms. The highest BCUT2D eigenvalue weighted by molar-refractivity contribution is 6.02. The average molecular weight is 466 g/mol. The number of aliphatic hydroxyl groups is 1. The van der Waals surface area contributed by atoms with Gasteiger partial charge in [0.2, 0.25) is 23.6 Å². The third-order valence-corrected chi connectivity index (χ3v) is 4.59. The van der Waals surface area contributed by atoms with Gasteiger partial charge in [-0.2, -0.15) is 0 Å². The number of primary amides is 2. The molecular weight excluding hydrogens is 444 g/mol. The van der Waals surface area contributed by atoms with Crippen LogP contribution in [0.3, 0.4) is 0 Å². The molecule has 1 aromatic rings. The number of amides is 5. The first-order chi connectivity index (χ1) is 15.5. The summed E-state index contributed by atoms with van der Waals surface area (Å²) < 4.78 is 5.47. The highest BCUT2D eigenvalue weighted by Gasteiger charge is 2.31. The normalized spacial score (nSPS) is 21.8. The number of carbonyl (C=O) groups excluding carboxylic acids is 5. The number of carbonyl (C=O) groups is 5. The van der Waals surface area contributed by atoms with Crippen LogP contribution in [0.2, 0.25) is 0 Å². The molecule has 1 aliphatic heterocycles. The van der Waals surface area contributed by atoms with Crippen molar-refractivity contribution in [3.8, 4) is 5.75 Å². The van der Waals surface area contributed by atoms with Gasteiger partial charge in [0.15, 0.2) is 0 Å². The minimum absolute atomic E-state index is 0.129. The van der Waals surface area contributed by atoms with Crippen molar-refractivity contribution in [1.82, 2.24) is 16.0 Å². The highest BCUT2D eigenvalue weighted by Crippen LogP contribution is 2.25. The first-order valence-electron chi connectivity index (χ1n) is 9.54.